The van der Waals surface area contributed by atoms with Crippen LogP contribution in [0.15, 0.2) is 47.4 Å². The second-order valence-corrected chi connectivity index (χ2v) is 7.41. The number of ether oxygens (including phenoxy) is 1. The summed E-state index contributed by atoms with van der Waals surface area (Å²) in [6, 6.07) is 10.1. The maximum atomic E-state index is 13.6. The van der Waals surface area contributed by atoms with Gasteiger partial charge in [-0.3, -0.25) is 4.79 Å². The summed E-state index contributed by atoms with van der Waals surface area (Å²) in [6.07, 6.45) is 0.797. The molecule has 1 atom stereocenters. The van der Waals surface area contributed by atoms with E-state index in [4.69, 9.17) is 4.74 Å². The van der Waals surface area contributed by atoms with E-state index in [9.17, 15) is 18.4 Å². The third-order valence-electron chi connectivity index (χ3n) is 4.02. The van der Waals surface area contributed by atoms with Crippen LogP contribution < -0.4 is 4.90 Å². The van der Waals surface area contributed by atoms with Crippen molar-refractivity contribution in [3.63, 3.8) is 0 Å². The van der Waals surface area contributed by atoms with Crippen molar-refractivity contribution in [1.29, 1.82) is 0 Å². The maximum Gasteiger partial charge on any atom is 0.341 e. The SMILES string of the molecule is CC1CCN(C(=O)COC(=O)c2ccc(F)cc2F)c2ccccc2S1. The molecular formula is C19H17F2NO3S. The van der Waals surface area contributed by atoms with Gasteiger partial charge in [-0.2, -0.15) is 0 Å². The Morgan fingerprint density at radius 1 is 1.23 bits per heavy atom. The van der Waals surface area contributed by atoms with Crippen LogP contribution in [0.1, 0.15) is 23.7 Å². The van der Waals surface area contributed by atoms with Gasteiger partial charge in [0.15, 0.2) is 6.61 Å². The first-order chi connectivity index (χ1) is 12.5. The molecule has 2 aromatic rings. The summed E-state index contributed by atoms with van der Waals surface area (Å²) < 4.78 is 31.5. The zero-order chi connectivity index (χ0) is 18.7. The number of anilines is 1. The van der Waals surface area contributed by atoms with Crippen LogP contribution in [0.25, 0.3) is 0 Å². The van der Waals surface area contributed by atoms with E-state index in [0.717, 1.165) is 29.1 Å². The highest BCUT2D eigenvalue weighted by Gasteiger charge is 2.25. The normalized spacial score (nSPS) is 16.6. The summed E-state index contributed by atoms with van der Waals surface area (Å²) >= 11 is 1.69. The molecule has 4 nitrogen and oxygen atoms in total. The van der Waals surface area contributed by atoms with Crippen molar-refractivity contribution < 1.29 is 23.1 Å². The minimum Gasteiger partial charge on any atom is -0.452 e. The van der Waals surface area contributed by atoms with Crippen LogP contribution in [0.2, 0.25) is 0 Å². The summed E-state index contributed by atoms with van der Waals surface area (Å²) in [5.41, 5.74) is 0.371. The zero-order valence-corrected chi connectivity index (χ0v) is 14.9. The lowest BCUT2D eigenvalue weighted by Gasteiger charge is -2.22. The Hall–Kier alpha value is -2.41. The smallest absolute Gasteiger partial charge is 0.341 e. The Kier molecular flexibility index (Phi) is 5.56. The minimum atomic E-state index is -1.02. The number of esters is 1. The van der Waals surface area contributed by atoms with Crippen LogP contribution in [0, 0.1) is 11.6 Å². The molecule has 3 rings (SSSR count). The molecule has 0 bridgehead atoms. The average Bonchev–Trinajstić information content (AvgIpc) is 2.77. The van der Waals surface area contributed by atoms with Crippen molar-refractivity contribution in [2.45, 2.75) is 23.5 Å². The molecule has 1 aliphatic rings. The molecule has 1 amide bonds. The number of halogens is 2. The Bertz CT molecular complexity index is 843. The first kappa shape index (κ1) is 18.4. The van der Waals surface area contributed by atoms with E-state index in [1.807, 2.05) is 24.3 Å². The molecule has 0 saturated heterocycles. The summed E-state index contributed by atoms with van der Waals surface area (Å²) in [7, 11) is 0. The number of hydrogen-bond donors (Lipinski definition) is 0. The van der Waals surface area contributed by atoms with Crippen LogP contribution in [0.5, 0.6) is 0 Å². The number of rotatable bonds is 3. The lowest BCUT2D eigenvalue weighted by Crippen LogP contribution is -2.35. The number of fused-ring (bicyclic) bond motifs is 1. The second kappa shape index (κ2) is 7.86. The van der Waals surface area contributed by atoms with E-state index in [2.05, 4.69) is 6.92 Å². The van der Waals surface area contributed by atoms with Crippen molar-refractivity contribution >= 4 is 29.3 Å². The summed E-state index contributed by atoms with van der Waals surface area (Å²) in [6.45, 7) is 2.09. The first-order valence-electron chi connectivity index (χ1n) is 8.14. The van der Waals surface area contributed by atoms with Gasteiger partial charge in [0, 0.05) is 22.8 Å². The fourth-order valence-electron chi connectivity index (χ4n) is 2.68. The van der Waals surface area contributed by atoms with E-state index in [1.165, 1.54) is 0 Å². The molecule has 7 heteroatoms. The Balaban J connectivity index is 1.71. The summed E-state index contributed by atoms with van der Waals surface area (Å²) in [5, 5.41) is 0.352. The van der Waals surface area contributed by atoms with Crippen molar-refractivity contribution in [3.8, 4) is 0 Å². The van der Waals surface area contributed by atoms with Crippen molar-refractivity contribution in [2.75, 3.05) is 18.1 Å². The number of nitrogens with zero attached hydrogens (tertiary/aromatic N) is 1. The van der Waals surface area contributed by atoms with Gasteiger partial charge in [-0.05, 0) is 30.7 Å². The molecule has 0 saturated carbocycles. The third kappa shape index (κ3) is 4.04. The zero-order valence-electron chi connectivity index (χ0n) is 14.1. The first-order valence-corrected chi connectivity index (χ1v) is 9.02. The fourth-order valence-corrected chi connectivity index (χ4v) is 3.80. The summed E-state index contributed by atoms with van der Waals surface area (Å²) in [5.74, 6) is -3.19. The number of hydrogen-bond acceptors (Lipinski definition) is 4. The maximum absolute atomic E-state index is 13.6. The highest BCUT2D eigenvalue weighted by Crippen LogP contribution is 2.37. The second-order valence-electron chi connectivity index (χ2n) is 5.93. The minimum absolute atomic E-state index is 0.352. The fraction of sp³-hybridized carbons (Fsp3) is 0.263. The third-order valence-corrected chi connectivity index (χ3v) is 5.26. The predicted octanol–water partition coefficient (Wildman–Crippen LogP) is 4.04. The standard InChI is InChI=1S/C19H17F2NO3S/c1-12-8-9-22(16-4-2-3-5-17(16)26-12)18(23)11-25-19(24)14-7-6-13(20)10-15(14)21/h2-7,10,12H,8-9,11H2,1H3. The van der Waals surface area contributed by atoms with E-state index in [-0.39, 0.29) is 5.91 Å². The predicted molar refractivity (Wildman–Crippen MR) is 95.4 cm³/mol. The molecular weight excluding hydrogens is 360 g/mol. The molecule has 1 aliphatic heterocycles. The van der Waals surface area contributed by atoms with Crippen molar-refractivity contribution in [3.05, 3.63) is 59.7 Å². The lowest BCUT2D eigenvalue weighted by molar-refractivity contribution is -0.121. The Morgan fingerprint density at radius 3 is 2.77 bits per heavy atom. The number of carbonyl (C=O) groups excluding carboxylic acids is 2. The van der Waals surface area contributed by atoms with E-state index >= 15 is 0 Å². The van der Waals surface area contributed by atoms with Crippen molar-refractivity contribution in [1.82, 2.24) is 0 Å². The number of para-hydroxylation sites is 1. The van der Waals surface area contributed by atoms with Crippen LogP contribution >= 0.6 is 11.8 Å². The Labute approximate surface area is 154 Å². The quantitative estimate of drug-likeness (QED) is 0.758. The average molecular weight is 377 g/mol. The van der Waals surface area contributed by atoms with Gasteiger partial charge in [-0.1, -0.05) is 19.1 Å². The number of amides is 1. The van der Waals surface area contributed by atoms with E-state index in [1.54, 1.807) is 16.7 Å². The van der Waals surface area contributed by atoms with Crippen LogP contribution in [0.3, 0.4) is 0 Å². The van der Waals surface area contributed by atoms with Gasteiger partial charge >= 0.3 is 5.97 Å². The van der Waals surface area contributed by atoms with Crippen LogP contribution in [0.4, 0.5) is 14.5 Å². The molecule has 1 unspecified atom stereocenters. The van der Waals surface area contributed by atoms with Gasteiger partial charge in [0.05, 0.1) is 11.3 Å². The van der Waals surface area contributed by atoms with Gasteiger partial charge in [-0.15, -0.1) is 11.8 Å². The number of carbonyl (C=O) groups is 2. The molecule has 26 heavy (non-hydrogen) atoms. The molecule has 0 spiro atoms. The van der Waals surface area contributed by atoms with Gasteiger partial charge in [-0.25, -0.2) is 13.6 Å². The van der Waals surface area contributed by atoms with E-state index in [0.29, 0.717) is 17.9 Å². The highest BCUT2D eigenvalue weighted by molar-refractivity contribution is 8.00. The lowest BCUT2D eigenvalue weighted by atomic mass is 10.2. The van der Waals surface area contributed by atoms with Gasteiger partial charge in [0.25, 0.3) is 5.91 Å². The van der Waals surface area contributed by atoms with E-state index < -0.39 is 29.8 Å². The molecule has 136 valence electrons. The van der Waals surface area contributed by atoms with Gasteiger partial charge in [0.2, 0.25) is 0 Å². The number of benzene rings is 2. The molecule has 0 aromatic heterocycles. The molecule has 0 aliphatic carbocycles. The topological polar surface area (TPSA) is 46.6 Å². The molecule has 2 aromatic carbocycles. The highest BCUT2D eigenvalue weighted by atomic mass is 32.2. The van der Waals surface area contributed by atoms with Crippen LogP contribution in [-0.4, -0.2) is 30.3 Å². The Morgan fingerprint density at radius 2 is 2.00 bits per heavy atom. The monoisotopic (exact) mass is 377 g/mol. The van der Waals surface area contributed by atoms with Crippen LogP contribution in [-0.2, 0) is 9.53 Å². The van der Waals surface area contributed by atoms with Gasteiger partial charge in [0.1, 0.15) is 11.6 Å². The van der Waals surface area contributed by atoms with Gasteiger partial charge < -0.3 is 9.64 Å². The molecule has 0 radical (unpaired) electrons. The molecule has 1 heterocycles. The van der Waals surface area contributed by atoms with Crippen molar-refractivity contribution in [2.24, 2.45) is 0 Å². The number of thioether (sulfide) groups is 1. The summed E-state index contributed by atoms with van der Waals surface area (Å²) in [4.78, 5) is 27.1. The molecule has 0 N–H and O–H groups in total. The largest absolute Gasteiger partial charge is 0.452 e. The molecule has 0 fully saturated rings.